The highest BCUT2D eigenvalue weighted by molar-refractivity contribution is 5.94. The molecule has 2 heterocycles. The van der Waals surface area contributed by atoms with Crippen LogP contribution in [0.3, 0.4) is 0 Å². The summed E-state index contributed by atoms with van der Waals surface area (Å²) < 4.78 is 11.4. The molecule has 23 heavy (non-hydrogen) atoms. The van der Waals surface area contributed by atoms with Crippen LogP contribution in [-0.2, 0) is 4.74 Å². The molecule has 2 fully saturated rings. The summed E-state index contributed by atoms with van der Waals surface area (Å²) in [4.78, 5) is 13.7. The Morgan fingerprint density at radius 1 is 1.35 bits per heavy atom. The number of rotatable bonds is 5. The summed E-state index contributed by atoms with van der Waals surface area (Å²) in [6, 6.07) is 5.43. The van der Waals surface area contributed by atoms with Gasteiger partial charge in [-0.1, -0.05) is 0 Å². The van der Waals surface area contributed by atoms with Crippen molar-refractivity contribution in [2.45, 2.75) is 31.4 Å². The van der Waals surface area contributed by atoms with E-state index in [4.69, 9.17) is 9.47 Å². The molecule has 1 aromatic rings. The Kier molecular flexibility index (Phi) is 5.03. The fourth-order valence-corrected chi connectivity index (χ4v) is 3.15. The summed E-state index contributed by atoms with van der Waals surface area (Å²) >= 11 is 0. The number of carboxylic acids is 1. The topological polar surface area (TPSA) is 71.0 Å². The minimum Gasteiger partial charge on any atom is -0.489 e. The zero-order chi connectivity index (χ0) is 16.2. The predicted octanol–water partition coefficient (Wildman–Crippen LogP) is 2.06. The highest BCUT2D eigenvalue weighted by atomic mass is 16.5. The molecule has 6 nitrogen and oxygen atoms in total. The molecule has 1 unspecified atom stereocenters. The van der Waals surface area contributed by atoms with Crippen LogP contribution >= 0.6 is 0 Å². The zero-order valence-electron chi connectivity index (χ0n) is 13.5. The number of nitrogens with zero attached hydrogens (tertiary/aromatic N) is 1. The number of likely N-dealkylation sites (tertiary alicyclic amines) is 1. The van der Waals surface area contributed by atoms with Gasteiger partial charge in [-0.25, -0.2) is 4.79 Å². The van der Waals surface area contributed by atoms with Gasteiger partial charge in [0.15, 0.2) is 0 Å². The molecule has 0 spiro atoms. The maximum atomic E-state index is 11.5. The predicted molar refractivity (Wildman–Crippen MR) is 87.4 cm³/mol. The number of aromatic carboxylic acids is 1. The lowest BCUT2D eigenvalue weighted by molar-refractivity contribution is 0.0697. The molecule has 3 rings (SSSR count). The smallest absolute Gasteiger partial charge is 0.337 e. The Morgan fingerprint density at radius 2 is 2.13 bits per heavy atom. The third-order valence-electron chi connectivity index (χ3n) is 4.45. The molecule has 2 aliphatic rings. The first kappa shape index (κ1) is 16.1. The molecule has 0 aromatic heterocycles. The highest BCUT2D eigenvalue weighted by Crippen LogP contribution is 2.27. The van der Waals surface area contributed by atoms with Crippen molar-refractivity contribution in [3.05, 3.63) is 23.8 Å². The van der Waals surface area contributed by atoms with Gasteiger partial charge < -0.3 is 24.8 Å². The number of ether oxygens (including phenoxy) is 2. The molecular formula is C17H24N2O4. The number of benzene rings is 1. The Morgan fingerprint density at radius 3 is 2.78 bits per heavy atom. The van der Waals surface area contributed by atoms with Gasteiger partial charge >= 0.3 is 5.97 Å². The van der Waals surface area contributed by atoms with Crippen molar-refractivity contribution in [1.82, 2.24) is 4.90 Å². The van der Waals surface area contributed by atoms with Crippen LogP contribution in [0.25, 0.3) is 0 Å². The largest absolute Gasteiger partial charge is 0.489 e. The average molecular weight is 320 g/mol. The van der Waals surface area contributed by atoms with Gasteiger partial charge in [0.25, 0.3) is 0 Å². The van der Waals surface area contributed by atoms with Crippen LogP contribution in [0.4, 0.5) is 5.69 Å². The summed E-state index contributed by atoms with van der Waals surface area (Å²) in [6.07, 6.45) is 2.95. The fourth-order valence-electron chi connectivity index (χ4n) is 3.15. The maximum Gasteiger partial charge on any atom is 0.337 e. The first-order chi connectivity index (χ1) is 11.1. The average Bonchev–Trinajstić information content (AvgIpc) is 2.93. The second-order valence-corrected chi connectivity index (χ2v) is 6.33. The fraction of sp³-hybridized carbons (Fsp3) is 0.588. The second-order valence-electron chi connectivity index (χ2n) is 6.33. The van der Waals surface area contributed by atoms with Crippen LogP contribution in [0.1, 0.15) is 29.6 Å². The van der Waals surface area contributed by atoms with Crippen LogP contribution < -0.4 is 10.1 Å². The molecule has 0 amide bonds. The van der Waals surface area contributed by atoms with E-state index < -0.39 is 5.97 Å². The summed E-state index contributed by atoms with van der Waals surface area (Å²) in [6.45, 7) is 3.36. The van der Waals surface area contributed by atoms with Crippen LogP contribution in [0.15, 0.2) is 18.2 Å². The Balaban J connectivity index is 1.74. The minimum atomic E-state index is -0.924. The van der Waals surface area contributed by atoms with E-state index in [9.17, 15) is 9.90 Å². The molecule has 2 N–H and O–H groups in total. The number of hydrogen-bond acceptors (Lipinski definition) is 5. The minimum absolute atomic E-state index is 0.173. The Bertz CT molecular complexity index is 558. The first-order valence-electron chi connectivity index (χ1n) is 8.18. The van der Waals surface area contributed by atoms with E-state index in [0.717, 1.165) is 38.1 Å². The van der Waals surface area contributed by atoms with Crippen molar-refractivity contribution in [1.29, 1.82) is 0 Å². The summed E-state index contributed by atoms with van der Waals surface area (Å²) in [5.74, 6) is -0.198. The van der Waals surface area contributed by atoms with Crippen molar-refractivity contribution in [2.75, 3.05) is 38.7 Å². The van der Waals surface area contributed by atoms with Gasteiger partial charge in [0.2, 0.25) is 0 Å². The van der Waals surface area contributed by atoms with E-state index in [2.05, 4.69) is 17.3 Å². The van der Waals surface area contributed by atoms with Gasteiger partial charge in [0, 0.05) is 38.4 Å². The van der Waals surface area contributed by atoms with Crippen LogP contribution in [-0.4, -0.2) is 61.5 Å². The number of hydrogen-bond donors (Lipinski definition) is 2. The zero-order valence-corrected chi connectivity index (χ0v) is 13.5. The van der Waals surface area contributed by atoms with E-state index in [1.54, 1.807) is 12.1 Å². The van der Waals surface area contributed by atoms with Crippen molar-refractivity contribution >= 4 is 11.7 Å². The molecule has 1 atom stereocenters. The van der Waals surface area contributed by atoms with E-state index in [1.165, 1.54) is 0 Å². The number of nitrogens with one attached hydrogen (secondary N) is 1. The molecule has 0 bridgehead atoms. The number of carbonyl (C=O) groups is 1. The number of anilines is 1. The Labute approximate surface area is 136 Å². The number of carboxylic acid groups (broad SMARTS) is 1. The molecular weight excluding hydrogens is 296 g/mol. The quantitative estimate of drug-likeness (QED) is 0.865. The molecule has 0 aliphatic carbocycles. The van der Waals surface area contributed by atoms with Crippen molar-refractivity contribution in [3.63, 3.8) is 0 Å². The standard InChI is InChI=1S/C17H24N2O4/c1-19-7-4-14(11-19)23-13-2-3-15(17(20)21)16(10-13)18-12-5-8-22-9-6-12/h2-3,10,12,14,18H,4-9,11H2,1H3,(H,20,21). The lowest BCUT2D eigenvalue weighted by Gasteiger charge is -2.25. The van der Waals surface area contributed by atoms with Gasteiger partial charge in [-0.3, -0.25) is 0 Å². The summed E-state index contributed by atoms with van der Waals surface area (Å²) in [5, 5.41) is 12.7. The third kappa shape index (κ3) is 4.14. The lowest BCUT2D eigenvalue weighted by atomic mass is 10.1. The Hall–Kier alpha value is -1.79. The van der Waals surface area contributed by atoms with Gasteiger partial charge in [0.1, 0.15) is 11.9 Å². The van der Waals surface area contributed by atoms with E-state index in [1.807, 2.05) is 6.07 Å². The van der Waals surface area contributed by atoms with E-state index in [0.29, 0.717) is 18.9 Å². The van der Waals surface area contributed by atoms with E-state index in [-0.39, 0.29) is 17.7 Å². The maximum absolute atomic E-state index is 11.5. The molecule has 1 aromatic carbocycles. The molecule has 6 heteroatoms. The van der Waals surface area contributed by atoms with Crippen LogP contribution in [0.2, 0.25) is 0 Å². The van der Waals surface area contributed by atoms with Crippen molar-refractivity contribution < 1.29 is 19.4 Å². The van der Waals surface area contributed by atoms with E-state index >= 15 is 0 Å². The van der Waals surface area contributed by atoms with Crippen LogP contribution in [0, 0.1) is 0 Å². The van der Waals surface area contributed by atoms with Gasteiger partial charge in [-0.15, -0.1) is 0 Å². The van der Waals surface area contributed by atoms with Gasteiger partial charge in [-0.2, -0.15) is 0 Å². The van der Waals surface area contributed by atoms with Gasteiger partial charge in [-0.05, 0) is 38.4 Å². The second kappa shape index (κ2) is 7.19. The molecule has 2 saturated heterocycles. The first-order valence-corrected chi connectivity index (χ1v) is 8.18. The normalized spacial score (nSPS) is 22.9. The summed E-state index contributed by atoms with van der Waals surface area (Å²) in [5.41, 5.74) is 0.917. The van der Waals surface area contributed by atoms with Crippen molar-refractivity contribution in [3.8, 4) is 5.75 Å². The molecule has 2 aliphatic heterocycles. The third-order valence-corrected chi connectivity index (χ3v) is 4.45. The van der Waals surface area contributed by atoms with Crippen LogP contribution in [0.5, 0.6) is 5.75 Å². The van der Waals surface area contributed by atoms with Crippen molar-refractivity contribution in [2.24, 2.45) is 0 Å². The summed E-state index contributed by atoms with van der Waals surface area (Å²) in [7, 11) is 2.08. The highest BCUT2D eigenvalue weighted by Gasteiger charge is 2.22. The van der Waals surface area contributed by atoms with Gasteiger partial charge in [0.05, 0.1) is 11.3 Å². The lowest BCUT2D eigenvalue weighted by Crippen LogP contribution is -2.28. The number of likely N-dealkylation sites (N-methyl/N-ethyl adjacent to an activating group) is 1. The monoisotopic (exact) mass is 320 g/mol. The molecule has 0 radical (unpaired) electrons. The SMILES string of the molecule is CN1CCC(Oc2ccc(C(=O)O)c(NC3CCOCC3)c2)C1. The molecule has 126 valence electrons. The molecule has 0 saturated carbocycles.